The Kier molecular flexibility index (Phi) is 5.28. The van der Waals surface area contributed by atoms with Crippen LogP contribution < -0.4 is 4.74 Å². The van der Waals surface area contributed by atoms with Crippen LogP contribution in [-0.4, -0.2) is 9.97 Å². The van der Waals surface area contributed by atoms with Crippen LogP contribution in [0.2, 0.25) is 5.02 Å². The van der Waals surface area contributed by atoms with Gasteiger partial charge >= 0.3 is 0 Å². The van der Waals surface area contributed by atoms with Gasteiger partial charge in [0.2, 0.25) is 0 Å². The van der Waals surface area contributed by atoms with Crippen molar-refractivity contribution in [2.24, 2.45) is 0 Å². The first-order valence-corrected chi connectivity index (χ1v) is 9.25. The summed E-state index contributed by atoms with van der Waals surface area (Å²) in [6, 6.07) is 21.5. The lowest BCUT2D eigenvalue weighted by molar-refractivity contribution is 0.299. The molecule has 0 aliphatic carbocycles. The van der Waals surface area contributed by atoms with Crippen LogP contribution in [0, 0.1) is 17.1 Å². The largest absolute Gasteiger partial charge is 0.488 e. The minimum absolute atomic E-state index is 0.0249. The quantitative estimate of drug-likeness (QED) is 0.416. The highest BCUT2D eigenvalue weighted by Crippen LogP contribution is 2.27. The number of hydrogen-bond acceptors (Lipinski definition) is 3. The van der Waals surface area contributed by atoms with E-state index in [1.165, 1.54) is 6.07 Å². The third kappa shape index (κ3) is 3.98. The number of halogens is 2. The van der Waals surface area contributed by atoms with Crippen molar-refractivity contribution < 1.29 is 9.13 Å². The number of imidazole rings is 1. The summed E-state index contributed by atoms with van der Waals surface area (Å²) in [6.07, 6.45) is 1.69. The Labute approximate surface area is 171 Å². The van der Waals surface area contributed by atoms with Gasteiger partial charge < -0.3 is 9.72 Å². The fourth-order valence-electron chi connectivity index (χ4n) is 2.94. The molecule has 0 aliphatic rings. The van der Waals surface area contributed by atoms with Crippen molar-refractivity contribution in [3.63, 3.8) is 0 Å². The second kappa shape index (κ2) is 8.17. The van der Waals surface area contributed by atoms with Gasteiger partial charge in [-0.15, -0.1) is 0 Å². The number of nitrogens with one attached hydrogen (secondary N) is 1. The Bertz CT molecular complexity index is 1200. The molecule has 1 N–H and O–H groups in total. The van der Waals surface area contributed by atoms with Gasteiger partial charge in [0.15, 0.2) is 0 Å². The van der Waals surface area contributed by atoms with Gasteiger partial charge in [0.25, 0.3) is 0 Å². The highest BCUT2D eigenvalue weighted by molar-refractivity contribution is 6.31. The Morgan fingerprint density at radius 1 is 1.10 bits per heavy atom. The van der Waals surface area contributed by atoms with E-state index in [1.54, 1.807) is 24.3 Å². The Morgan fingerprint density at radius 3 is 2.69 bits per heavy atom. The van der Waals surface area contributed by atoms with Gasteiger partial charge in [-0.3, -0.25) is 0 Å². The van der Waals surface area contributed by atoms with Crippen LogP contribution >= 0.6 is 11.6 Å². The zero-order valence-corrected chi connectivity index (χ0v) is 15.9. The summed E-state index contributed by atoms with van der Waals surface area (Å²) in [6.45, 7) is -0.0249. The number of fused-ring (bicyclic) bond motifs is 1. The predicted octanol–water partition coefficient (Wildman–Crippen LogP) is 6.00. The first-order valence-electron chi connectivity index (χ1n) is 8.87. The van der Waals surface area contributed by atoms with E-state index in [0.717, 1.165) is 11.0 Å². The van der Waals surface area contributed by atoms with E-state index < -0.39 is 5.82 Å². The number of aromatic nitrogens is 2. The summed E-state index contributed by atoms with van der Waals surface area (Å²) in [5.41, 5.74) is 2.95. The Morgan fingerprint density at radius 2 is 1.90 bits per heavy atom. The molecule has 0 radical (unpaired) electrons. The maximum absolute atomic E-state index is 14.0. The minimum Gasteiger partial charge on any atom is -0.488 e. The van der Waals surface area contributed by atoms with Crippen molar-refractivity contribution in [1.82, 2.24) is 9.97 Å². The van der Waals surface area contributed by atoms with Gasteiger partial charge in [0.05, 0.1) is 21.6 Å². The molecule has 4 aromatic rings. The van der Waals surface area contributed by atoms with Gasteiger partial charge in [0.1, 0.15) is 30.1 Å². The molecule has 1 aromatic heterocycles. The topological polar surface area (TPSA) is 61.7 Å². The Hall–Kier alpha value is -3.62. The summed E-state index contributed by atoms with van der Waals surface area (Å²) in [5.74, 6) is 0.557. The molecule has 0 amide bonds. The van der Waals surface area contributed by atoms with Crippen molar-refractivity contribution in [2.75, 3.05) is 0 Å². The summed E-state index contributed by atoms with van der Waals surface area (Å²) >= 11 is 6.07. The van der Waals surface area contributed by atoms with Crippen molar-refractivity contribution in [2.45, 2.75) is 6.61 Å². The number of rotatable bonds is 5. The van der Waals surface area contributed by atoms with Crippen molar-refractivity contribution in [3.8, 4) is 11.8 Å². The second-order valence-electron chi connectivity index (χ2n) is 6.30. The number of nitriles is 1. The minimum atomic E-state index is -0.425. The van der Waals surface area contributed by atoms with Crippen LogP contribution in [0.25, 0.3) is 22.7 Å². The lowest BCUT2D eigenvalue weighted by Crippen LogP contribution is -2.00. The van der Waals surface area contributed by atoms with E-state index in [1.807, 2.05) is 42.5 Å². The molecular weight excluding hydrogens is 389 g/mol. The maximum atomic E-state index is 14.0. The molecule has 0 unspecified atom stereocenters. The van der Waals surface area contributed by atoms with Crippen LogP contribution in [0.15, 0.2) is 66.7 Å². The fraction of sp³-hybridized carbons (Fsp3) is 0.0435. The van der Waals surface area contributed by atoms with Crippen molar-refractivity contribution in [3.05, 3.63) is 94.5 Å². The molecular formula is C23H15ClFN3O. The summed E-state index contributed by atoms with van der Waals surface area (Å²) in [7, 11) is 0. The van der Waals surface area contributed by atoms with Gasteiger partial charge in [-0.25, -0.2) is 9.37 Å². The molecule has 29 heavy (non-hydrogen) atoms. The van der Waals surface area contributed by atoms with Crippen LogP contribution in [0.4, 0.5) is 4.39 Å². The molecule has 0 saturated carbocycles. The smallest absolute Gasteiger partial charge is 0.149 e. The number of hydrogen-bond donors (Lipinski definition) is 1. The summed E-state index contributed by atoms with van der Waals surface area (Å²) < 4.78 is 19.8. The van der Waals surface area contributed by atoms with Crippen molar-refractivity contribution >= 4 is 34.3 Å². The molecule has 0 saturated heterocycles. The van der Waals surface area contributed by atoms with E-state index in [2.05, 4.69) is 16.0 Å². The molecule has 0 spiro atoms. The lowest BCUT2D eigenvalue weighted by atomic mass is 10.1. The van der Waals surface area contributed by atoms with Crippen molar-refractivity contribution in [1.29, 1.82) is 5.26 Å². The average Bonchev–Trinajstić information content (AvgIpc) is 3.16. The number of nitrogens with zero attached hydrogens (tertiary/aromatic N) is 2. The number of para-hydroxylation sites is 3. The molecule has 4 nitrogen and oxygen atoms in total. The molecule has 142 valence electrons. The Balaban J connectivity index is 1.65. The molecule has 0 atom stereocenters. The zero-order valence-electron chi connectivity index (χ0n) is 15.2. The van der Waals surface area contributed by atoms with E-state index in [9.17, 15) is 9.65 Å². The SMILES string of the molecule is N#CC(=Cc1ccccc1OCc1c(F)cccc1Cl)c1nc2ccccc2[nH]1. The molecule has 0 aliphatic heterocycles. The van der Waals surface area contributed by atoms with E-state index in [0.29, 0.717) is 27.7 Å². The molecule has 0 fully saturated rings. The van der Waals surface area contributed by atoms with Crippen LogP contribution in [0.5, 0.6) is 5.75 Å². The van der Waals surface area contributed by atoms with Crippen LogP contribution in [0.3, 0.4) is 0 Å². The predicted molar refractivity (Wildman–Crippen MR) is 112 cm³/mol. The van der Waals surface area contributed by atoms with Crippen LogP contribution in [0.1, 0.15) is 17.0 Å². The molecule has 6 heteroatoms. The first kappa shape index (κ1) is 18.7. The maximum Gasteiger partial charge on any atom is 0.149 e. The highest BCUT2D eigenvalue weighted by Gasteiger charge is 2.11. The average molecular weight is 404 g/mol. The summed E-state index contributed by atoms with van der Waals surface area (Å²) in [4.78, 5) is 7.62. The van der Waals surface area contributed by atoms with Gasteiger partial charge in [-0.1, -0.05) is 48.0 Å². The summed E-state index contributed by atoms with van der Waals surface area (Å²) in [5, 5.41) is 9.96. The normalized spacial score (nSPS) is 11.4. The number of benzene rings is 3. The number of aromatic amines is 1. The third-order valence-corrected chi connectivity index (χ3v) is 4.77. The third-order valence-electron chi connectivity index (χ3n) is 4.42. The molecule has 3 aromatic carbocycles. The zero-order chi connectivity index (χ0) is 20.2. The van der Waals surface area contributed by atoms with E-state index >= 15 is 0 Å². The number of ether oxygens (including phenoxy) is 1. The number of allylic oxidation sites excluding steroid dienone is 1. The van der Waals surface area contributed by atoms with Gasteiger partial charge in [-0.05, 0) is 36.4 Å². The fourth-order valence-corrected chi connectivity index (χ4v) is 3.16. The van der Waals surface area contributed by atoms with Gasteiger partial charge in [-0.2, -0.15) is 5.26 Å². The standard InChI is InChI=1S/C23H15ClFN3O/c24-18-7-5-8-19(25)17(18)14-29-22-11-4-1-6-15(22)12-16(13-26)23-27-20-9-2-3-10-21(20)28-23/h1-12H,14H2,(H,27,28). The highest BCUT2D eigenvalue weighted by atomic mass is 35.5. The first-order chi connectivity index (χ1) is 14.2. The molecule has 0 bridgehead atoms. The lowest BCUT2D eigenvalue weighted by Gasteiger charge is -2.11. The van der Waals surface area contributed by atoms with E-state index in [4.69, 9.17) is 16.3 Å². The molecule has 1 heterocycles. The second-order valence-corrected chi connectivity index (χ2v) is 6.71. The van der Waals surface area contributed by atoms with Gasteiger partial charge in [0, 0.05) is 11.1 Å². The molecule has 4 rings (SSSR count). The van der Waals surface area contributed by atoms with Crippen LogP contribution in [-0.2, 0) is 6.61 Å². The monoisotopic (exact) mass is 403 g/mol. The number of H-pyrrole nitrogens is 1. The van der Waals surface area contributed by atoms with E-state index in [-0.39, 0.29) is 12.2 Å².